The maximum Gasteiger partial charge on any atom is 0.377 e. The minimum Gasteiger partial charge on any atom is -0.332 e. The van der Waals surface area contributed by atoms with Gasteiger partial charge in [-0.2, -0.15) is 22.0 Å². The maximum absolute atomic E-state index is 14.9. The normalized spacial score (nSPS) is 34.7. The Kier molecular flexibility index (Phi) is 4.27. The van der Waals surface area contributed by atoms with Crippen LogP contribution in [-0.4, -0.2) is 34.8 Å². The van der Waals surface area contributed by atoms with E-state index in [2.05, 4.69) is 9.47 Å². The van der Waals surface area contributed by atoms with Crippen molar-refractivity contribution in [2.24, 2.45) is 0 Å². The van der Waals surface area contributed by atoms with E-state index in [0.29, 0.717) is 0 Å². The van der Waals surface area contributed by atoms with Crippen molar-refractivity contribution < 1.29 is 35.8 Å². The Morgan fingerprint density at radius 3 is 1.45 bits per heavy atom. The molecule has 0 spiro atoms. The molecule has 22 heavy (non-hydrogen) atoms. The van der Waals surface area contributed by atoms with Gasteiger partial charge in [-0.15, -0.1) is 0 Å². The maximum atomic E-state index is 14.9. The number of hydrogen-bond donors (Lipinski definition) is 0. The number of allylic oxidation sites excluding steroid dienone is 1. The molecule has 0 aromatic carbocycles. The van der Waals surface area contributed by atoms with E-state index in [9.17, 15) is 26.3 Å². The molecular formula is C14H20F6O2. The van der Waals surface area contributed by atoms with Gasteiger partial charge in [0.1, 0.15) is 0 Å². The topological polar surface area (TPSA) is 18.5 Å². The number of rotatable bonds is 2. The van der Waals surface area contributed by atoms with E-state index in [-0.39, 0.29) is 6.08 Å². The Balaban J connectivity index is 3.54. The summed E-state index contributed by atoms with van der Waals surface area (Å²) in [5, 5.41) is 0. The lowest BCUT2D eigenvalue weighted by Gasteiger charge is -2.49. The number of alkyl halides is 6. The predicted octanol–water partition coefficient (Wildman–Crippen LogP) is 4.79. The van der Waals surface area contributed by atoms with Gasteiger partial charge < -0.3 is 9.47 Å². The lowest BCUT2D eigenvalue weighted by molar-refractivity contribution is -0.439. The highest BCUT2D eigenvalue weighted by atomic mass is 19.3. The predicted molar refractivity (Wildman–Crippen MR) is 68.4 cm³/mol. The third-order valence-electron chi connectivity index (χ3n) is 2.67. The molecule has 0 saturated heterocycles. The van der Waals surface area contributed by atoms with Crippen LogP contribution in [0.3, 0.4) is 0 Å². The van der Waals surface area contributed by atoms with E-state index in [1.54, 1.807) is 0 Å². The molecule has 1 aliphatic carbocycles. The minimum atomic E-state index is -5.47. The summed E-state index contributed by atoms with van der Waals surface area (Å²) in [5.74, 6) is -19.0. The summed E-state index contributed by atoms with van der Waals surface area (Å²) in [4.78, 5) is 0. The van der Waals surface area contributed by atoms with Gasteiger partial charge in [0.25, 0.3) is 5.85 Å². The number of hydrogen-bond acceptors (Lipinski definition) is 2. The van der Waals surface area contributed by atoms with Crippen LogP contribution in [-0.2, 0) is 9.47 Å². The van der Waals surface area contributed by atoms with Crippen molar-refractivity contribution in [2.75, 3.05) is 0 Å². The van der Waals surface area contributed by atoms with E-state index in [1.165, 1.54) is 20.8 Å². The third kappa shape index (κ3) is 3.13. The zero-order valence-corrected chi connectivity index (χ0v) is 13.2. The van der Waals surface area contributed by atoms with Crippen molar-refractivity contribution >= 4 is 0 Å². The summed E-state index contributed by atoms with van der Waals surface area (Å²) in [5.41, 5.74) is -3.10. The molecule has 0 radical (unpaired) electrons. The summed E-state index contributed by atoms with van der Waals surface area (Å²) < 4.78 is 93.8. The van der Waals surface area contributed by atoms with Crippen LogP contribution >= 0.6 is 0 Å². The largest absolute Gasteiger partial charge is 0.377 e. The average molecular weight is 334 g/mol. The van der Waals surface area contributed by atoms with Gasteiger partial charge in [-0.25, -0.2) is 4.39 Å². The van der Waals surface area contributed by atoms with Gasteiger partial charge in [-0.1, -0.05) is 0 Å². The van der Waals surface area contributed by atoms with Crippen molar-refractivity contribution in [3.8, 4) is 0 Å². The van der Waals surface area contributed by atoms with Crippen LogP contribution in [0.25, 0.3) is 0 Å². The zero-order chi connectivity index (χ0) is 17.8. The Morgan fingerprint density at radius 1 is 0.682 bits per heavy atom. The number of halogens is 6. The van der Waals surface area contributed by atoms with Crippen molar-refractivity contribution in [1.82, 2.24) is 0 Å². The molecule has 1 aliphatic rings. The molecule has 2 atom stereocenters. The second kappa shape index (κ2) is 4.87. The molecule has 1 rings (SSSR count). The SMILES string of the molecule is CC(C)(C)OC1(F)C=CC(F)(F)C(F)(F)C1(F)OC(C)(C)C. The fraction of sp³-hybridized carbons (Fsp3) is 0.857. The fourth-order valence-corrected chi connectivity index (χ4v) is 1.95. The van der Waals surface area contributed by atoms with E-state index < -0.39 is 40.8 Å². The lowest BCUT2D eigenvalue weighted by atomic mass is 9.88. The summed E-state index contributed by atoms with van der Waals surface area (Å²) in [6.07, 6.45) is -0.454. The summed E-state index contributed by atoms with van der Waals surface area (Å²) in [6.45, 7) is 7.22. The first-order valence-electron chi connectivity index (χ1n) is 6.61. The first kappa shape index (κ1) is 19.3. The molecule has 0 N–H and O–H groups in total. The van der Waals surface area contributed by atoms with Gasteiger partial charge in [0.05, 0.1) is 11.2 Å². The van der Waals surface area contributed by atoms with E-state index >= 15 is 0 Å². The summed E-state index contributed by atoms with van der Waals surface area (Å²) in [7, 11) is 0. The first-order valence-corrected chi connectivity index (χ1v) is 6.61. The first-order chi connectivity index (χ1) is 9.37. The van der Waals surface area contributed by atoms with E-state index in [4.69, 9.17) is 0 Å². The van der Waals surface area contributed by atoms with Crippen LogP contribution in [0, 0.1) is 0 Å². The van der Waals surface area contributed by atoms with Gasteiger partial charge in [0.2, 0.25) is 0 Å². The highest BCUT2D eigenvalue weighted by Gasteiger charge is 2.82. The van der Waals surface area contributed by atoms with Gasteiger partial charge in [0, 0.05) is 0 Å². The van der Waals surface area contributed by atoms with E-state index in [0.717, 1.165) is 20.8 Å². The Hall–Kier alpha value is -0.760. The van der Waals surface area contributed by atoms with Crippen molar-refractivity contribution in [2.45, 2.75) is 76.3 Å². The van der Waals surface area contributed by atoms with Gasteiger partial charge in [-0.05, 0) is 53.7 Å². The fourth-order valence-electron chi connectivity index (χ4n) is 1.95. The Morgan fingerprint density at radius 2 is 1.09 bits per heavy atom. The molecule has 2 unspecified atom stereocenters. The lowest BCUT2D eigenvalue weighted by Crippen LogP contribution is -2.71. The molecule has 0 amide bonds. The molecule has 0 saturated carbocycles. The monoisotopic (exact) mass is 334 g/mol. The van der Waals surface area contributed by atoms with Crippen LogP contribution in [0.1, 0.15) is 41.5 Å². The summed E-state index contributed by atoms with van der Waals surface area (Å²) >= 11 is 0. The van der Waals surface area contributed by atoms with Crippen molar-refractivity contribution in [3.05, 3.63) is 12.2 Å². The minimum absolute atomic E-state index is 0.0542. The van der Waals surface area contributed by atoms with Crippen LogP contribution in [0.4, 0.5) is 26.3 Å². The average Bonchev–Trinajstić information content (AvgIpc) is 2.19. The molecule has 8 heteroatoms. The quantitative estimate of drug-likeness (QED) is 0.534. The third-order valence-corrected chi connectivity index (χ3v) is 2.67. The molecule has 0 bridgehead atoms. The zero-order valence-electron chi connectivity index (χ0n) is 13.2. The molecule has 0 aromatic heterocycles. The molecule has 0 heterocycles. The molecule has 0 aromatic rings. The highest BCUT2D eigenvalue weighted by molar-refractivity contribution is 5.24. The van der Waals surface area contributed by atoms with Gasteiger partial charge in [-0.3, -0.25) is 0 Å². The van der Waals surface area contributed by atoms with Crippen LogP contribution < -0.4 is 0 Å². The van der Waals surface area contributed by atoms with Gasteiger partial charge >= 0.3 is 17.7 Å². The standard InChI is InChI=1S/C14H20F6O2/c1-9(2,3)21-12(17)8-7-11(15,16)13(18,19)14(12,20)22-10(4,5)6/h7-8H,1-6H3. The smallest absolute Gasteiger partial charge is 0.332 e. The van der Waals surface area contributed by atoms with Crippen molar-refractivity contribution in [3.63, 3.8) is 0 Å². The van der Waals surface area contributed by atoms with Gasteiger partial charge in [0.15, 0.2) is 0 Å². The van der Waals surface area contributed by atoms with Crippen LogP contribution in [0.15, 0.2) is 12.2 Å². The van der Waals surface area contributed by atoms with E-state index in [1.807, 2.05) is 0 Å². The molecular weight excluding hydrogens is 314 g/mol. The molecule has 2 nitrogen and oxygen atoms in total. The van der Waals surface area contributed by atoms with Crippen molar-refractivity contribution in [1.29, 1.82) is 0 Å². The summed E-state index contributed by atoms with van der Waals surface area (Å²) in [6, 6.07) is 0. The number of ether oxygens (including phenoxy) is 2. The highest BCUT2D eigenvalue weighted by Crippen LogP contribution is 2.58. The Labute approximate surface area is 125 Å². The molecule has 0 aliphatic heterocycles. The Bertz CT molecular complexity index is 463. The molecule has 0 fully saturated rings. The second-order valence-corrected chi connectivity index (χ2v) is 7.20. The van der Waals surface area contributed by atoms with Crippen LogP contribution in [0.5, 0.6) is 0 Å². The van der Waals surface area contributed by atoms with Crippen LogP contribution in [0.2, 0.25) is 0 Å². The second-order valence-electron chi connectivity index (χ2n) is 7.20. The molecule has 130 valence electrons.